The van der Waals surface area contributed by atoms with Gasteiger partial charge in [-0.3, -0.25) is 14.9 Å². The number of carbonyl (C=O) groups excluding carboxylic acids is 1. The van der Waals surface area contributed by atoms with Crippen molar-refractivity contribution in [1.29, 1.82) is 0 Å². The molecule has 148 valence electrons. The Morgan fingerprint density at radius 3 is 2.43 bits per heavy atom. The van der Waals surface area contributed by atoms with E-state index in [1.165, 1.54) is 20.8 Å². The molecule has 0 radical (unpaired) electrons. The minimum absolute atomic E-state index is 0.123. The van der Waals surface area contributed by atoms with Crippen LogP contribution < -0.4 is 0 Å². The highest BCUT2D eigenvalue weighted by atomic mass is 32.2. The molecule has 2 aromatic rings. The van der Waals surface area contributed by atoms with Crippen LogP contribution in [0.15, 0.2) is 39.6 Å². The van der Waals surface area contributed by atoms with Gasteiger partial charge in [0.1, 0.15) is 4.92 Å². The van der Waals surface area contributed by atoms with E-state index in [0.29, 0.717) is 0 Å². The lowest BCUT2D eigenvalue weighted by Gasteiger charge is -2.33. The number of nitrogens with zero attached hydrogens (tertiary/aromatic N) is 3. The second kappa shape index (κ2) is 7.02. The van der Waals surface area contributed by atoms with Crippen molar-refractivity contribution >= 4 is 21.8 Å². The number of sulfonamides is 1. The zero-order valence-corrected chi connectivity index (χ0v) is 15.9. The minimum Gasteiger partial charge on any atom is -0.395 e. The Morgan fingerprint density at radius 2 is 1.75 bits per heavy atom. The number of furan rings is 1. The van der Waals surface area contributed by atoms with Crippen molar-refractivity contribution in [3.63, 3.8) is 0 Å². The fourth-order valence-corrected chi connectivity index (χ4v) is 5.16. The molecule has 0 spiro atoms. The van der Waals surface area contributed by atoms with Crippen LogP contribution in [0, 0.1) is 10.1 Å². The lowest BCUT2D eigenvalue weighted by molar-refractivity contribution is -0.402. The van der Waals surface area contributed by atoms with Crippen LogP contribution in [0.2, 0.25) is 0 Å². The minimum atomic E-state index is -3.62. The maximum Gasteiger partial charge on any atom is 0.433 e. The highest BCUT2D eigenvalue weighted by Crippen LogP contribution is 2.27. The maximum absolute atomic E-state index is 12.9. The van der Waals surface area contributed by atoms with Gasteiger partial charge in [-0.1, -0.05) is 6.07 Å². The molecular formula is C18H19N3O6S. The summed E-state index contributed by atoms with van der Waals surface area (Å²) in [5, 5.41) is 10.7. The third kappa shape index (κ3) is 3.29. The molecule has 0 N–H and O–H groups in total. The first-order chi connectivity index (χ1) is 13.4. The Kier molecular flexibility index (Phi) is 4.68. The summed E-state index contributed by atoms with van der Waals surface area (Å²) in [7, 11) is -3.62. The van der Waals surface area contributed by atoms with Crippen molar-refractivity contribution < 1.29 is 22.6 Å². The molecule has 10 heteroatoms. The number of amides is 1. The van der Waals surface area contributed by atoms with Crippen molar-refractivity contribution in [3.8, 4) is 0 Å². The molecule has 1 aliphatic heterocycles. The summed E-state index contributed by atoms with van der Waals surface area (Å²) in [6, 6.07) is 7.69. The average molecular weight is 405 g/mol. The summed E-state index contributed by atoms with van der Waals surface area (Å²) in [6.45, 7) is 0.705. The van der Waals surface area contributed by atoms with Gasteiger partial charge < -0.3 is 9.32 Å². The van der Waals surface area contributed by atoms with Crippen molar-refractivity contribution in [2.75, 3.05) is 26.2 Å². The third-order valence-corrected chi connectivity index (χ3v) is 7.11. The number of benzene rings is 1. The SMILES string of the molecule is O=C(c1ccc([N+](=O)[O-])o1)N1CCN(S(=O)(=O)c2ccc3c(c2)CCC3)CC1. The van der Waals surface area contributed by atoms with Crippen LogP contribution in [0.1, 0.15) is 28.1 Å². The maximum atomic E-state index is 12.9. The standard InChI is InChI=1S/C18H19N3O6S/c22-18(16-6-7-17(27-16)21(23)24)19-8-10-20(11-9-19)28(25,26)15-5-4-13-2-1-3-14(13)12-15/h4-7,12H,1-3,8-11H2. The van der Waals surface area contributed by atoms with Crippen LogP contribution in [-0.2, 0) is 22.9 Å². The zero-order chi connectivity index (χ0) is 19.9. The summed E-state index contributed by atoms with van der Waals surface area (Å²) in [5.74, 6) is -1.11. The second-order valence-corrected chi connectivity index (χ2v) is 8.81. The molecule has 28 heavy (non-hydrogen) atoms. The molecule has 1 aliphatic carbocycles. The Morgan fingerprint density at radius 1 is 1.04 bits per heavy atom. The number of fused-ring (bicyclic) bond motifs is 1. The molecule has 9 nitrogen and oxygen atoms in total. The molecule has 2 heterocycles. The van der Waals surface area contributed by atoms with Gasteiger partial charge in [0.25, 0.3) is 5.91 Å². The third-order valence-electron chi connectivity index (χ3n) is 5.22. The zero-order valence-electron chi connectivity index (χ0n) is 15.0. The molecule has 4 rings (SSSR count). The molecule has 1 aromatic carbocycles. The smallest absolute Gasteiger partial charge is 0.395 e. The molecule has 2 aliphatic rings. The van der Waals surface area contributed by atoms with Gasteiger partial charge in [-0.15, -0.1) is 0 Å². The van der Waals surface area contributed by atoms with E-state index in [9.17, 15) is 23.3 Å². The summed E-state index contributed by atoms with van der Waals surface area (Å²) in [5.41, 5.74) is 2.30. The topological polar surface area (TPSA) is 114 Å². The molecule has 0 atom stereocenters. The van der Waals surface area contributed by atoms with E-state index in [1.807, 2.05) is 6.07 Å². The Bertz CT molecular complexity index is 1040. The van der Waals surface area contributed by atoms with Gasteiger partial charge in [-0.25, -0.2) is 8.42 Å². The highest BCUT2D eigenvalue weighted by molar-refractivity contribution is 7.89. The van der Waals surface area contributed by atoms with Crippen LogP contribution in [0.5, 0.6) is 0 Å². The van der Waals surface area contributed by atoms with Gasteiger partial charge in [0.15, 0.2) is 5.76 Å². The predicted octanol–water partition coefficient (Wildman–Crippen LogP) is 1.82. The fraction of sp³-hybridized carbons (Fsp3) is 0.389. The molecule has 1 saturated heterocycles. The van der Waals surface area contributed by atoms with E-state index in [2.05, 4.69) is 0 Å². The molecule has 1 aromatic heterocycles. The summed E-state index contributed by atoms with van der Waals surface area (Å²) >= 11 is 0. The number of piperazine rings is 1. The number of hydrogen-bond donors (Lipinski definition) is 0. The van der Waals surface area contributed by atoms with E-state index >= 15 is 0 Å². The molecule has 0 unspecified atom stereocenters. The molecule has 0 bridgehead atoms. The van der Waals surface area contributed by atoms with Gasteiger partial charge in [0.05, 0.1) is 11.0 Å². The van der Waals surface area contributed by atoms with Crippen molar-refractivity contribution in [1.82, 2.24) is 9.21 Å². The first kappa shape index (κ1) is 18.6. The number of aryl methyl sites for hydroxylation is 2. The van der Waals surface area contributed by atoms with Gasteiger partial charge in [-0.2, -0.15) is 4.31 Å². The largest absolute Gasteiger partial charge is 0.433 e. The van der Waals surface area contributed by atoms with E-state index in [1.54, 1.807) is 12.1 Å². The van der Waals surface area contributed by atoms with Crippen LogP contribution in [0.3, 0.4) is 0 Å². The predicted molar refractivity (Wildman–Crippen MR) is 98.5 cm³/mol. The first-order valence-corrected chi connectivity index (χ1v) is 10.5. The fourth-order valence-electron chi connectivity index (χ4n) is 3.69. The quantitative estimate of drug-likeness (QED) is 0.566. The van der Waals surface area contributed by atoms with Crippen LogP contribution in [0.4, 0.5) is 5.88 Å². The van der Waals surface area contributed by atoms with Crippen molar-refractivity contribution in [3.05, 3.63) is 57.3 Å². The second-order valence-electron chi connectivity index (χ2n) is 6.88. The summed E-state index contributed by atoms with van der Waals surface area (Å²) < 4.78 is 32.2. The normalized spacial score (nSPS) is 17.5. The summed E-state index contributed by atoms with van der Waals surface area (Å²) in [6.07, 6.45) is 2.93. The number of nitro groups is 1. The van der Waals surface area contributed by atoms with E-state index in [4.69, 9.17) is 4.42 Å². The Balaban J connectivity index is 1.44. The van der Waals surface area contributed by atoms with Gasteiger partial charge >= 0.3 is 5.88 Å². The lowest BCUT2D eigenvalue weighted by Crippen LogP contribution is -2.50. The van der Waals surface area contributed by atoms with E-state index in [0.717, 1.165) is 30.9 Å². The number of carbonyl (C=O) groups is 1. The van der Waals surface area contributed by atoms with E-state index < -0.39 is 26.7 Å². The highest BCUT2D eigenvalue weighted by Gasteiger charge is 2.32. The molecule has 0 saturated carbocycles. The number of hydrogen-bond acceptors (Lipinski definition) is 6. The number of rotatable bonds is 4. The van der Waals surface area contributed by atoms with Gasteiger partial charge in [0, 0.05) is 26.2 Å². The molecule has 1 fully saturated rings. The van der Waals surface area contributed by atoms with Gasteiger partial charge in [-0.05, 0) is 48.6 Å². The van der Waals surface area contributed by atoms with Crippen molar-refractivity contribution in [2.24, 2.45) is 0 Å². The molecular weight excluding hydrogens is 386 g/mol. The first-order valence-electron chi connectivity index (χ1n) is 9.02. The van der Waals surface area contributed by atoms with Gasteiger partial charge in [0.2, 0.25) is 10.0 Å². The van der Waals surface area contributed by atoms with Crippen LogP contribution >= 0.6 is 0 Å². The summed E-state index contributed by atoms with van der Waals surface area (Å²) in [4.78, 5) is 24.1. The average Bonchev–Trinajstić information content (AvgIpc) is 3.36. The molecule has 1 amide bonds. The Labute approximate surface area is 161 Å². The Hall–Kier alpha value is -2.72. The monoisotopic (exact) mass is 405 g/mol. The van der Waals surface area contributed by atoms with E-state index in [-0.39, 0.29) is 36.8 Å². The van der Waals surface area contributed by atoms with Crippen molar-refractivity contribution in [2.45, 2.75) is 24.2 Å². The lowest BCUT2D eigenvalue weighted by atomic mass is 10.1. The van der Waals surface area contributed by atoms with Crippen LogP contribution in [0.25, 0.3) is 0 Å². The van der Waals surface area contributed by atoms with Crippen LogP contribution in [-0.4, -0.2) is 54.6 Å².